The third kappa shape index (κ3) is 5.82. The van der Waals surface area contributed by atoms with Crippen LogP contribution in [0.25, 0.3) is 0 Å². The van der Waals surface area contributed by atoms with Crippen molar-refractivity contribution in [1.82, 2.24) is 15.5 Å². The quantitative estimate of drug-likeness (QED) is 0.463. The molecule has 0 saturated carbocycles. The van der Waals surface area contributed by atoms with Gasteiger partial charge in [0.05, 0.1) is 0 Å². The number of rotatable bonds is 9. The normalized spacial score (nSPS) is 14.9. The largest absolute Gasteiger partial charge is 0.480 e. The summed E-state index contributed by atoms with van der Waals surface area (Å²) >= 11 is 0. The summed E-state index contributed by atoms with van der Waals surface area (Å²) in [5.74, 6) is -3.21. The van der Waals surface area contributed by atoms with Crippen LogP contribution < -0.4 is 10.6 Å². The van der Waals surface area contributed by atoms with Crippen molar-refractivity contribution in [2.75, 3.05) is 13.1 Å². The molecule has 0 aromatic carbocycles. The third-order valence-electron chi connectivity index (χ3n) is 3.37. The Kier molecular flexibility index (Phi) is 7.09. The van der Waals surface area contributed by atoms with Gasteiger partial charge in [0.1, 0.15) is 12.6 Å². The SMILES string of the molecule is CC(C)[C@H](NC(=O)CCCN1C(=O)C=CC1=O)C(=O)NCC(=O)O. The summed E-state index contributed by atoms with van der Waals surface area (Å²) < 4.78 is 0. The number of amides is 4. The molecule has 9 nitrogen and oxygen atoms in total. The Morgan fingerprint density at radius 2 is 1.75 bits per heavy atom. The lowest BCUT2D eigenvalue weighted by molar-refractivity contribution is -0.139. The Labute approximate surface area is 139 Å². The van der Waals surface area contributed by atoms with Gasteiger partial charge in [0.25, 0.3) is 11.8 Å². The molecule has 1 aliphatic rings. The predicted molar refractivity (Wildman–Crippen MR) is 82.5 cm³/mol. The minimum Gasteiger partial charge on any atom is -0.480 e. The lowest BCUT2D eigenvalue weighted by atomic mass is 10.0. The van der Waals surface area contributed by atoms with Gasteiger partial charge in [0, 0.05) is 25.1 Å². The zero-order chi connectivity index (χ0) is 18.3. The van der Waals surface area contributed by atoms with E-state index in [4.69, 9.17) is 5.11 Å². The van der Waals surface area contributed by atoms with E-state index in [0.29, 0.717) is 0 Å². The second-order valence-electron chi connectivity index (χ2n) is 5.67. The number of aliphatic carboxylic acids is 1. The summed E-state index contributed by atoms with van der Waals surface area (Å²) in [6.45, 7) is 3.04. The zero-order valence-electron chi connectivity index (χ0n) is 13.6. The van der Waals surface area contributed by atoms with E-state index in [1.54, 1.807) is 13.8 Å². The highest BCUT2D eigenvalue weighted by molar-refractivity contribution is 6.12. The Balaban J connectivity index is 2.42. The first-order chi connectivity index (χ1) is 11.2. The van der Waals surface area contributed by atoms with E-state index in [1.807, 2.05) is 0 Å². The molecule has 0 bridgehead atoms. The molecular formula is C15H21N3O6. The van der Waals surface area contributed by atoms with E-state index >= 15 is 0 Å². The summed E-state index contributed by atoms with van der Waals surface area (Å²) in [6, 6.07) is -0.853. The number of nitrogens with zero attached hydrogens (tertiary/aromatic N) is 1. The third-order valence-corrected chi connectivity index (χ3v) is 3.37. The fourth-order valence-corrected chi connectivity index (χ4v) is 2.10. The summed E-state index contributed by atoms with van der Waals surface area (Å²) in [5.41, 5.74) is 0. The average Bonchev–Trinajstić information content (AvgIpc) is 2.81. The smallest absolute Gasteiger partial charge is 0.322 e. The Morgan fingerprint density at radius 1 is 1.17 bits per heavy atom. The van der Waals surface area contributed by atoms with Crippen molar-refractivity contribution in [3.05, 3.63) is 12.2 Å². The number of carbonyl (C=O) groups excluding carboxylic acids is 4. The minimum absolute atomic E-state index is 0.0342. The average molecular weight is 339 g/mol. The van der Waals surface area contributed by atoms with Crippen molar-refractivity contribution in [2.45, 2.75) is 32.7 Å². The number of hydrogen-bond donors (Lipinski definition) is 3. The minimum atomic E-state index is -1.18. The first-order valence-corrected chi connectivity index (χ1v) is 7.54. The van der Waals surface area contributed by atoms with E-state index < -0.39 is 42.2 Å². The van der Waals surface area contributed by atoms with Gasteiger partial charge in [-0.1, -0.05) is 13.8 Å². The summed E-state index contributed by atoms with van der Waals surface area (Å²) in [6.07, 6.45) is 2.65. The van der Waals surface area contributed by atoms with Crippen LogP contribution in [0.1, 0.15) is 26.7 Å². The van der Waals surface area contributed by atoms with E-state index in [2.05, 4.69) is 10.6 Å². The highest BCUT2D eigenvalue weighted by Crippen LogP contribution is 2.07. The second-order valence-corrected chi connectivity index (χ2v) is 5.67. The highest BCUT2D eigenvalue weighted by atomic mass is 16.4. The number of carbonyl (C=O) groups is 5. The first kappa shape index (κ1) is 19.3. The van der Waals surface area contributed by atoms with Crippen LogP contribution in [0.5, 0.6) is 0 Å². The number of carboxylic acid groups (broad SMARTS) is 1. The fraction of sp³-hybridized carbons (Fsp3) is 0.533. The van der Waals surface area contributed by atoms with Crippen LogP contribution in [-0.2, 0) is 24.0 Å². The molecule has 24 heavy (non-hydrogen) atoms. The molecule has 0 unspecified atom stereocenters. The molecule has 0 aromatic heterocycles. The van der Waals surface area contributed by atoms with Gasteiger partial charge >= 0.3 is 5.97 Å². The Morgan fingerprint density at radius 3 is 2.25 bits per heavy atom. The molecule has 1 heterocycles. The van der Waals surface area contributed by atoms with Crippen molar-refractivity contribution < 1.29 is 29.1 Å². The predicted octanol–water partition coefficient (Wildman–Crippen LogP) is -0.967. The van der Waals surface area contributed by atoms with Crippen LogP contribution >= 0.6 is 0 Å². The van der Waals surface area contributed by atoms with Crippen molar-refractivity contribution in [1.29, 1.82) is 0 Å². The van der Waals surface area contributed by atoms with Crippen LogP contribution in [0.15, 0.2) is 12.2 Å². The fourth-order valence-electron chi connectivity index (χ4n) is 2.10. The topological polar surface area (TPSA) is 133 Å². The maximum atomic E-state index is 11.9. The molecule has 9 heteroatoms. The summed E-state index contributed by atoms with van der Waals surface area (Å²) in [7, 11) is 0. The van der Waals surface area contributed by atoms with E-state index in [-0.39, 0.29) is 25.3 Å². The zero-order valence-corrected chi connectivity index (χ0v) is 13.6. The molecule has 132 valence electrons. The molecule has 0 aromatic rings. The standard InChI is InChI=1S/C15H21N3O6/c1-9(2)14(15(24)16-8-13(22)23)17-10(19)4-3-7-18-11(20)5-6-12(18)21/h5-6,9,14H,3-4,7-8H2,1-2H3,(H,16,24)(H,17,19)(H,22,23)/t14-/m0/s1. The number of carboxylic acids is 1. The number of hydrogen-bond acceptors (Lipinski definition) is 5. The molecule has 4 amide bonds. The lowest BCUT2D eigenvalue weighted by Gasteiger charge is -2.21. The van der Waals surface area contributed by atoms with Crippen molar-refractivity contribution in [2.24, 2.45) is 5.92 Å². The molecule has 1 atom stereocenters. The molecule has 0 saturated heterocycles. The molecule has 0 radical (unpaired) electrons. The van der Waals surface area contributed by atoms with Gasteiger partial charge in [0.2, 0.25) is 11.8 Å². The lowest BCUT2D eigenvalue weighted by Crippen LogP contribution is -2.50. The molecule has 0 aliphatic carbocycles. The van der Waals surface area contributed by atoms with Crippen LogP contribution in [0.3, 0.4) is 0 Å². The Bertz CT molecular complexity index is 552. The highest BCUT2D eigenvalue weighted by Gasteiger charge is 2.25. The maximum absolute atomic E-state index is 11.9. The molecule has 1 aliphatic heterocycles. The summed E-state index contributed by atoms with van der Waals surface area (Å²) in [5, 5.41) is 13.3. The molecule has 1 rings (SSSR count). The van der Waals surface area contributed by atoms with Gasteiger partial charge in [-0.2, -0.15) is 0 Å². The van der Waals surface area contributed by atoms with Crippen molar-refractivity contribution >= 4 is 29.6 Å². The van der Waals surface area contributed by atoms with E-state index in [9.17, 15) is 24.0 Å². The van der Waals surface area contributed by atoms with Gasteiger partial charge in [0.15, 0.2) is 0 Å². The first-order valence-electron chi connectivity index (χ1n) is 7.54. The van der Waals surface area contributed by atoms with E-state index in [1.165, 1.54) is 12.2 Å². The van der Waals surface area contributed by atoms with Gasteiger partial charge in [-0.25, -0.2) is 0 Å². The van der Waals surface area contributed by atoms with Gasteiger partial charge < -0.3 is 15.7 Å². The molecular weight excluding hydrogens is 318 g/mol. The Hall–Kier alpha value is -2.71. The second kappa shape index (κ2) is 8.80. The van der Waals surface area contributed by atoms with Crippen molar-refractivity contribution in [3.63, 3.8) is 0 Å². The van der Waals surface area contributed by atoms with Crippen LogP contribution in [-0.4, -0.2) is 58.7 Å². The maximum Gasteiger partial charge on any atom is 0.322 e. The molecule has 0 spiro atoms. The number of nitrogens with one attached hydrogen (secondary N) is 2. The van der Waals surface area contributed by atoms with Gasteiger partial charge in [-0.15, -0.1) is 0 Å². The van der Waals surface area contributed by atoms with Gasteiger partial charge in [-0.05, 0) is 12.3 Å². The van der Waals surface area contributed by atoms with Gasteiger partial charge in [-0.3, -0.25) is 28.9 Å². The monoisotopic (exact) mass is 339 g/mol. The van der Waals surface area contributed by atoms with E-state index in [0.717, 1.165) is 4.90 Å². The van der Waals surface area contributed by atoms with Crippen LogP contribution in [0.4, 0.5) is 0 Å². The van der Waals surface area contributed by atoms with Crippen molar-refractivity contribution in [3.8, 4) is 0 Å². The van der Waals surface area contributed by atoms with Crippen LogP contribution in [0, 0.1) is 5.92 Å². The van der Waals surface area contributed by atoms with Crippen LogP contribution in [0.2, 0.25) is 0 Å². The summed E-state index contributed by atoms with van der Waals surface area (Å²) in [4.78, 5) is 58.1. The molecule has 0 fully saturated rings. The number of imide groups is 1. The molecule has 3 N–H and O–H groups in total.